The zero-order valence-corrected chi connectivity index (χ0v) is 11.4. The van der Waals surface area contributed by atoms with E-state index in [0.29, 0.717) is 5.15 Å². The van der Waals surface area contributed by atoms with E-state index in [-0.39, 0.29) is 6.10 Å². The maximum Gasteiger partial charge on any atom is 0.137 e. The van der Waals surface area contributed by atoms with Gasteiger partial charge in [-0.25, -0.2) is 9.97 Å². The molecular weight excluding hydrogens is 238 g/mol. The van der Waals surface area contributed by atoms with Crippen molar-refractivity contribution in [2.45, 2.75) is 46.1 Å². The van der Waals surface area contributed by atoms with E-state index in [1.165, 1.54) is 0 Å². The summed E-state index contributed by atoms with van der Waals surface area (Å²) < 4.78 is 0. The molecule has 0 spiro atoms. The van der Waals surface area contributed by atoms with Gasteiger partial charge in [-0.3, -0.25) is 0 Å². The highest BCUT2D eigenvalue weighted by atomic mass is 35.5. The smallest absolute Gasteiger partial charge is 0.137 e. The Kier molecular flexibility index (Phi) is 5.65. The molecule has 0 fully saturated rings. The number of aryl methyl sites for hydroxylation is 1. The average Bonchev–Trinajstić information content (AvgIpc) is 2.29. The molecule has 1 unspecified atom stereocenters. The molecule has 0 saturated heterocycles. The summed E-state index contributed by atoms with van der Waals surface area (Å²) in [5.74, 6) is 1.55. The molecule has 0 saturated carbocycles. The van der Waals surface area contributed by atoms with E-state index >= 15 is 0 Å². The van der Waals surface area contributed by atoms with Crippen molar-refractivity contribution in [1.29, 1.82) is 0 Å². The molecule has 0 amide bonds. The van der Waals surface area contributed by atoms with Crippen molar-refractivity contribution in [2.75, 3.05) is 11.9 Å². The lowest BCUT2D eigenvalue weighted by Crippen LogP contribution is -2.10. The first-order valence-electron chi connectivity index (χ1n) is 5.99. The van der Waals surface area contributed by atoms with Crippen LogP contribution in [0.5, 0.6) is 0 Å². The number of aromatic nitrogens is 2. The molecule has 1 rings (SSSR count). The summed E-state index contributed by atoms with van der Waals surface area (Å²) in [6.07, 6.45) is 2.20. The first-order valence-corrected chi connectivity index (χ1v) is 6.37. The molecule has 5 heteroatoms. The summed E-state index contributed by atoms with van der Waals surface area (Å²) in [5.41, 5.74) is 0.876. The lowest BCUT2D eigenvalue weighted by Gasteiger charge is -2.11. The number of rotatable bonds is 6. The molecule has 4 nitrogen and oxygen atoms in total. The van der Waals surface area contributed by atoms with Gasteiger partial charge < -0.3 is 10.4 Å². The Balaban J connectivity index is 2.60. The van der Waals surface area contributed by atoms with E-state index in [9.17, 15) is 0 Å². The number of hydrogen-bond acceptors (Lipinski definition) is 4. The van der Waals surface area contributed by atoms with Gasteiger partial charge in [0.2, 0.25) is 0 Å². The van der Waals surface area contributed by atoms with Crippen LogP contribution in [0.1, 0.15) is 38.1 Å². The fourth-order valence-electron chi connectivity index (χ4n) is 1.47. The first-order chi connectivity index (χ1) is 8.04. The standard InChI is InChI=1S/C12H20ClN3O/c1-4-10-15-11(13)9(3)12(16-10)14-7-5-6-8(2)17/h8,17H,4-7H2,1-3H3,(H,14,15,16). The number of anilines is 1. The van der Waals surface area contributed by atoms with Crippen molar-refractivity contribution in [3.8, 4) is 0 Å². The van der Waals surface area contributed by atoms with Crippen LogP contribution < -0.4 is 5.32 Å². The Morgan fingerprint density at radius 2 is 2.12 bits per heavy atom. The van der Waals surface area contributed by atoms with Gasteiger partial charge in [-0.05, 0) is 26.7 Å². The Morgan fingerprint density at radius 1 is 1.41 bits per heavy atom. The normalized spacial score (nSPS) is 12.5. The fraction of sp³-hybridized carbons (Fsp3) is 0.667. The minimum Gasteiger partial charge on any atom is -0.393 e. The summed E-state index contributed by atoms with van der Waals surface area (Å²) in [7, 11) is 0. The van der Waals surface area contributed by atoms with Gasteiger partial charge >= 0.3 is 0 Å². The van der Waals surface area contributed by atoms with Crippen LogP contribution in [0, 0.1) is 6.92 Å². The quantitative estimate of drug-likeness (QED) is 0.608. The highest BCUT2D eigenvalue weighted by Gasteiger charge is 2.07. The first kappa shape index (κ1) is 14.2. The average molecular weight is 258 g/mol. The molecule has 96 valence electrons. The third kappa shape index (κ3) is 4.48. The molecule has 0 aliphatic carbocycles. The van der Waals surface area contributed by atoms with Gasteiger partial charge in [0.25, 0.3) is 0 Å². The maximum absolute atomic E-state index is 9.16. The van der Waals surface area contributed by atoms with Gasteiger partial charge in [-0.15, -0.1) is 0 Å². The minimum atomic E-state index is -0.252. The van der Waals surface area contributed by atoms with Crippen LogP contribution in [-0.2, 0) is 6.42 Å². The van der Waals surface area contributed by atoms with Gasteiger partial charge in [0, 0.05) is 18.5 Å². The molecule has 0 bridgehead atoms. The molecule has 0 aliphatic rings. The van der Waals surface area contributed by atoms with Crippen LogP contribution in [0.4, 0.5) is 5.82 Å². The van der Waals surface area contributed by atoms with E-state index in [2.05, 4.69) is 15.3 Å². The molecule has 1 atom stereocenters. The van der Waals surface area contributed by atoms with Crippen LogP contribution in [0.3, 0.4) is 0 Å². The van der Waals surface area contributed by atoms with E-state index in [1.54, 1.807) is 6.92 Å². The van der Waals surface area contributed by atoms with Crippen LogP contribution in [-0.4, -0.2) is 27.7 Å². The molecule has 1 heterocycles. The van der Waals surface area contributed by atoms with E-state index in [1.807, 2.05) is 13.8 Å². The monoisotopic (exact) mass is 257 g/mol. The number of nitrogens with one attached hydrogen (secondary N) is 1. The van der Waals surface area contributed by atoms with Gasteiger partial charge in [-0.2, -0.15) is 0 Å². The number of halogens is 1. The van der Waals surface area contributed by atoms with Crippen LogP contribution in [0.25, 0.3) is 0 Å². The second-order valence-electron chi connectivity index (χ2n) is 4.18. The third-order valence-electron chi connectivity index (χ3n) is 2.54. The largest absolute Gasteiger partial charge is 0.393 e. The molecule has 2 N–H and O–H groups in total. The number of hydrogen-bond donors (Lipinski definition) is 2. The minimum absolute atomic E-state index is 0.252. The van der Waals surface area contributed by atoms with Crippen molar-refractivity contribution in [2.24, 2.45) is 0 Å². The Bertz CT molecular complexity index is 369. The lowest BCUT2D eigenvalue weighted by molar-refractivity contribution is 0.183. The molecule has 0 radical (unpaired) electrons. The Labute approximate surface area is 107 Å². The van der Waals surface area contributed by atoms with Crippen molar-refractivity contribution in [1.82, 2.24) is 9.97 Å². The Hall–Kier alpha value is -0.870. The zero-order chi connectivity index (χ0) is 12.8. The number of aliphatic hydroxyl groups excluding tert-OH is 1. The van der Waals surface area contributed by atoms with Crippen molar-refractivity contribution in [3.63, 3.8) is 0 Å². The molecular formula is C12H20ClN3O. The third-order valence-corrected chi connectivity index (χ3v) is 2.91. The van der Waals surface area contributed by atoms with Crippen molar-refractivity contribution >= 4 is 17.4 Å². The second-order valence-corrected chi connectivity index (χ2v) is 4.53. The molecule has 1 aromatic heterocycles. The van der Waals surface area contributed by atoms with Crippen LogP contribution in [0.15, 0.2) is 0 Å². The second kappa shape index (κ2) is 6.77. The predicted molar refractivity (Wildman–Crippen MR) is 70.6 cm³/mol. The zero-order valence-electron chi connectivity index (χ0n) is 10.6. The topological polar surface area (TPSA) is 58.0 Å². The number of nitrogens with zero attached hydrogens (tertiary/aromatic N) is 2. The number of aliphatic hydroxyl groups is 1. The van der Waals surface area contributed by atoms with Crippen molar-refractivity contribution < 1.29 is 5.11 Å². The highest BCUT2D eigenvalue weighted by Crippen LogP contribution is 2.20. The van der Waals surface area contributed by atoms with Crippen LogP contribution in [0.2, 0.25) is 5.15 Å². The van der Waals surface area contributed by atoms with Gasteiger partial charge in [0.15, 0.2) is 0 Å². The maximum atomic E-state index is 9.16. The van der Waals surface area contributed by atoms with Gasteiger partial charge in [-0.1, -0.05) is 18.5 Å². The molecule has 1 aromatic rings. The Morgan fingerprint density at radius 3 is 2.71 bits per heavy atom. The predicted octanol–water partition coefficient (Wildman–Crippen LogP) is 2.57. The SMILES string of the molecule is CCc1nc(Cl)c(C)c(NCCCC(C)O)n1. The van der Waals surface area contributed by atoms with E-state index < -0.39 is 0 Å². The van der Waals surface area contributed by atoms with Gasteiger partial charge in [0.1, 0.15) is 16.8 Å². The van der Waals surface area contributed by atoms with Crippen molar-refractivity contribution in [3.05, 3.63) is 16.5 Å². The summed E-state index contributed by atoms with van der Waals surface area (Å²) in [4.78, 5) is 8.58. The fourth-order valence-corrected chi connectivity index (χ4v) is 1.65. The summed E-state index contributed by atoms with van der Waals surface area (Å²) in [6, 6.07) is 0. The summed E-state index contributed by atoms with van der Waals surface area (Å²) >= 11 is 6.03. The lowest BCUT2D eigenvalue weighted by atomic mass is 10.2. The van der Waals surface area contributed by atoms with E-state index in [4.69, 9.17) is 16.7 Å². The summed E-state index contributed by atoms with van der Waals surface area (Å²) in [5, 5.41) is 12.9. The van der Waals surface area contributed by atoms with Gasteiger partial charge in [0.05, 0.1) is 6.10 Å². The van der Waals surface area contributed by atoms with E-state index in [0.717, 1.165) is 43.0 Å². The van der Waals surface area contributed by atoms with Crippen LogP contribution >= 0.6 is 11.6 Å². The molecule has 0 aliphatic heterocycles. The summed E-state index contributed by atoms with van der Waals surface area (Å²) in [6.45, 7) is 6.47. The highest BCUT2D eigenvalue weighted by molar-refractivity contribution is 6.30. The molecule has 17 heavy (non-hydrogen) atoms. The molecule has 0 aromatic carbocycles.